The fourth-order valence-corrected chi connectivity index (χ4v) is 1.90. The molecule has 0 radical (unpaired) electrons. The fourth-order valence-electron chi connectivity index (χ4n) is 1.90. The molecule has 100 valence electrons. The lowest BCUT2D eigenvalue weighted by atomic mass is 10.1. The van der Waals surface area contributed by atoms with Gasteiger partial charge in [-0.25, -0.2) is 0 Å². The average Bonchev–Trinajstić information content (AvgIpc) is 2.29. The molecule has 0 saturated carbocycles. The van der Waals surface area contributed by atoms with E-state index in [1.165, 1.54) is 6.20 Å². The van der Waals surface area contributed by atoms with Gasteiger partial charge >= 0.3 is 0 Å². The first-order chi connectivity index (χ1) is 8.51. The van der Waals surface area contributed by atoms with Crippen LogP contribution in [-0.2, 0) is 4.74 Å². The molecule has 0 spiro atoms. The van der Waals surface area contributed by atoms with Gasteiger partial charge in [0.15, 0.2) is 0 Å². The highest BCUT2D eigenvalue weighted by atomic mass is 16.5. The van der Waals surface area contributed by atoms with E-state index in [-0.39, 0.29) is 11.9 Å². The largest absolute Gasteiger partial charge is 0.398 e. The maximum Gasteiger partial charge on any atom is 0.257 e. The van der Waals surface area contributed by atoms with Crippen molar-refractivity contribution in [3.8, 4) is 0 Å². The zero-order chi connectivity index (χ0) is 13.7. The quantitative estimate of drug-likeness (QED) is 0.860. The van der Waals surface area contributed by atoms with Gasteiger partial charge in [-0.15, -0.1) is 0 Å². The number of aromatic nitrogens is 1. The van der Waals surface area contributed by atoms with Crippen molar-refractivity contribution in [1.29, 1.82) is 0 Å². The molecule has 0 aromatic carbocycles. The number of carbonyl (C=O) groups is 1. The van der Waals surface area contributed by atoms with Crippen LogP contribution in [0.15, 0.2) is 12.3 Å². The van der Waals surface area contributed by atoms with Crippen LogP contribution in [0.4, 0.5) is 5.69 Å². The number of ether oxygens (including phenoxy) is 1. The van der Waals surface area contributed by atoms with E-state index in [1.54, 1.807) is 18.1 Å². The number of likely N-dealkylation sites (N-methyl/N-ethyl adjacent to an activating group) is 1. The van der Waals surface area contributed by atoms with E-state index in [0.29, 0.717) is 24.4 Å². The molecule has 0 aliphatic heterocycles. The van der Waals surface area contributed by atoms with Crippen molar-refractivity contribution in [2.75, 3.05) is 26.0 Å². The lowest BCUT2D eigenvalue weighted by Gasteiger charge is -2.27. The molecular weight excluding hydrogens is 230 g/mol. The summed E-state index contributed by atoms with van der Waals surface area (Å²) < 4.78 is 5.08. The summed E-state index contributed by atoms with van der Waals surface area (Å²) in [6, 6.07) is 1.72. The van der Waals surface area contributed by atoms with Crippen LogP contribution in [0.1, 0.15) is 29.9 Å². The Bertz CT molecular complexity index is 421. The van der Waals surface area contributed by atoms with Crippen LogP contribution in [0, 0.1) is 6.92 Å². The maximum absolute atomic E-state index is 12.4. The third-order valence-electron chi connectivity index (χ3n) is 2.84. The van der Waals surface area contributed by atoms with Gasteiger partial charge in [-0.1, -0.05) is 0 Å². The third-order valence-corrected chi connectivity index (χ3v) is 2.84. The van der Waals surface area contributed by atoms with E-state index in [4.69, 9.17) is 10.5 Å². The Labute approximate surface area is 108 Å². The number of hydrogen-bond acceptors (Lipinski definition) is 4. The molecule has 18 heavy (non-hydrogen) atoms. The molecule has 0 bridgehead atoms. The number of carbonyl (C=O) groups excluding carboxylic acids is 1. The van der Waals surface area contributed by atoms with Crippen molar-refractivity contribution in [3.63, 3.8) is 0 Å². The molecule has 0 fully saturated rings. The maximum atomic E-state index is 12.4. The van der Waals surface area contributed by atoms with Gasteiger partial charge in [-0.3, -0.25) is 9.78 Å². The van der Waals surface area contributed by atoms with Crippen LogP contribution < -0.4 is 5.73 Å². The second kappa shape index (κ2) is 6.35. The summed E-state index contributed by atoms with van der Waals surface area (Å²) in [7, 11) is 1.62. The minimum atomic E-state index is -0.105. The van der Waals surface area contributed by atoms with Crippen molar-refractivity contribution < 1.29 is 9.53 Å². The number of methoxy groups -OCH3 is 1. The molecule has 0 aliphatic rings. The molecule has 1 unspecified atom stereocenters. The molecular formula is C13H21N3O2. The average molecular weight is 251 g/mol. The standard InChI is InChI=1S/C13H21N3O2/c1-5-16(10(3)8-18-4)13(17)11-7-15-9(2)6-12(11)14/h6-7,10H,5,8H2,1-4H3,(H2,14,15). The Morgan fingerprint density at radius 2 is 2.28 bits per heavy atom. The predicted octanol–water partition coefficient (Wildman–Crippen LogP) is 1.47. The topological polar surface area (TPSA) is 68.5 Å². The summed E-state index contributed by atoms with van der Waals surface area (Å²) >= 11 is 0. The minimum Gasteiger partial charge on any atom is -0.398 e. The van der Waals surface area contributed by atoms with Crippen molar-refractivity contribution in [3.05, 3.63) is 23.5 Å². The summed E-state index contributed by atoms with van der Waals surface area (Å²) in [6.45, 7) is 6.83. The minimum absolute atomic E-state index is 0.00760. The SMILES string of the molecule is CCN(C(=O)c1cnc(C)cc1N)C(C)COC. The van der Waals surface area contributed by atoms with E-state index in [1.807, 2.05) is 20.8 Å². The molecule has 1 heterocycles. The second-order valence-electron chi connectivity index (χ2n) is 4.31. The van der Waals surface area contributed by atoms with Crippen molar-refractivity contribution in [1.82, 2.24) is 9.88 Å². The number of nitrogens with two attached hydrogens (primary N) is 1. The Kier molecular flexibility index (Phi) is 5.09. The first kappa shape index (κ1) is 14.4. The van der Waals surface area contributed by atoms with Crippen LogP contribution in [0.3, 0.4) is 0 Å². The van der Waals surface area contributed by atoms with E-state index < -0.39 is 0 Å². The van der Waals surface area contributed by atoms with Gasteiger partial charge in [0.2, 0.25) is 0 Å². The number of rotatable bonds is 5. The van der Waals surface area contributed by atoms with E-state index in [2.05, 4.69) is 4.98 Å². The number of nitrogen functional groups attached to an aromatic ring is 1. The number of aryl methyl sites for hydroxylation is 1. The van der Waals surface area contributed by atoms with Gasteiger partial charge in [0.1, 0.15) is 0 Å². The predicted molar refractivity (Wildman–Crippen MR) is 71.4 cm³/mol. The van der Waals surface area contributed by atoms with Crippen LogP contribution in [0.25, 0.3) is 0 Å². The smallest absolute Gasteiger partial charge is 0.257 e. The number of pyridine rings is 1. The Balaban J connectivity index is 2.96. The van der Waals surface area contributed by atoms with Gasteiger partial charge in [-0.05, 0) is 26.8 Å². The van der Waals surface area contributed by atoms with Crippen molar-refractivity contribution >= 4 is 11.6 Å². The first-order valence-corrected chi connectivity index (χ1v) is 6.03. The van der Waals surface area contributed by atoms with Gasteiger partial charge in [0.25, 0.3) is 5.91 Å². The van der Waals surface area contributed by atoms with Gasteiger partial charge in [0.05, 0.1) is 18.2 Å². The Morgan fingerprint density at radius 3 is 2.78 bits per heavy atom. The molecule has 0 saturated heterocycles. The molecule has 1 rings (SSSR count). The first-order valence-electron chi connectivity index (χ1n) is 6.03. The van der Waals surface area contributed by atoms with E-state index in [9.17, 15) is 4.79 Å². The monoisotopic (exact) mass is 251 g/mol. The molecule has 5 nitrogen and oxygen atoms in total. The van der Waals surface area contributed by atoms with Gasteiger partial charge in [0, 0.05) is 31.2 Å². The lowest BCUT2D eigenvalue weighted by molar-refractivity contribution is 0.0580. The van der Waals surface area contributed by atoms with Crippen molar-refractivity contribution in [2.24, 2.45) is 0 Å². The number of nitrogens with zero attached hydrogens (tertiary/aromatic N) is 2. The number of amides is 1. The normalized spacial score (nSPS) is 12.2. The van der Waals surface area contributed by atoms with Crippen molar-refractivity contribution in [2.45, 2.75) is 26.8 Å². The zero-order valence-electron chi connectivity index (χ0n) is 11.4. The highest BCUT2D eigenvalue weighted by molar-refractivity contribution is 5.99. The molecule has 1 atom stereocenters. The highest BCUT2D eigenvalue weighted by Crippen LogP contribution is 2.15. The summed E-state index contributed by atoms with van der Waals surface area (Å²) in [5.41, 5.74) is 7.59. The van der Waals surface area contributed by atoms with Crippen LogP contribution in [0.2, 0.25) is 0 Å². The summed E-state index contributed by atoms with van der Waals surface area (Å²) in [5.74, 6) is -0.105. The lowest BCUT2D eigenvalue weighted by Crippen LogP contribution is -2.41. The zero-order valence-corrected chi connectivity index (χ0v) is 11.4. The molecule has 0 aliphatic carbocycles. The van der Waals surface area contributed by atoms with E-state index in [0.717, 1.165) is 5.69 Å². The third kappa shape index (κ3) is 3.20. The summed E-state index contributed by atoms with van der Waals surface area (Å²) in [5, 5.41) is 0. The Hall–Kier alpha value is -1.62. The number of anilines is 1. The summed E-state index contributed by atoms with van der Waals surface area (Å²) in [4.78, 5) is 18.2. The molecule has 2 N–H and O–H groups in total. The molecule has 1 amide bonds. The number of hydrogen-bond donors (Lipinski definition) is 1. The fraction of sp³-hybridized carbons (Fsp3) is 0.538. The second-order valence-corrected chi connectivity index (χ2v) is 4.31. The van der Waals surface area contributed by atoms with E-state index >= 15 is 0 Å². The Morgan fingerprint density at radius 1 is 1.61 bits per heavy atom. The van der Waals surface area contributed by atoms with Crippen LogP contribution in [-0.4, -0.2) is 42.1 Å². The van der Waals surface area contributed by atoms with Gasteiger partial charge < -0.3 is 15.4 Å². The highest BCUT2D eigenvalue weighted by Gasteiger charge is 2.21. The molecule has 1 aromatic heterocycles. The molecule has 5 heteroatoms. The van der Waals surface area contributed by atoms with Crippen LogP contribution in [0.5, 0.6) is 0 Å². The molecule has 1 aromatic rings. The van der Waals surface area contributed by atoms with Gasteiger partial charge in [-0.2, -0.15) is 0 Å². The van der Waals surface area contributed by atoms with Crippen LogP contribution >= 0.6 is 0 Å². The summed E-state index contributed by atoms with van der Waals surface area (Å²) in [6.07, 6.45) is 1.54.